The number of hydrogen-bond acceptors (Lipinski definition) is 6. The molecule has 2 aliphatic heterocycles. The zero-order chi connectivity index (χ0) is 25.7. The number of allylic oxidation sites excluding steroid dienone is 2. The van der Waals surface area contributed by atoms with Crippen molar-refractivity contribution in [1.29, 1.82) is 0 Å². The van der Waals surface area contributed by atoms with E-state index in [4.69, 9.17) is 9.47 Å². The fourth-order valence-electron chi connectivity index (χ4n) is 4.29. The Morgan fingerprint density at radius 2 is 2.11 bits per heavy atom. The summed E-state index contributed by atoms with van der Waals surface area (Å²) in [5.41, 5.74) is 0.647. The van der Waals surface area contributed by atoms with Crippen LogP contribution in [0.4, 0.5) is 10.1 Å². The molecule has 2 unspecified atom stereocenters. The first-order valence-electron chi connectivity index (χ1n) is 11.5. The topological polar surface area (TPSA) is 88.2 Å². The normalized spacial score (nSPS) is 20.4. The zero-order valence-corrected chi connectivity index (χ0v) is 20.6. The second-order valence-corrected chi connectivity index (χ2v) is 9.74. The smallest absolute Gasteiger partial charge is 0.253 e. The van der Waals surface area contributed by atoms with Crippen molar-refractivity contribution in [3.8, 4) is 11.5 Å². The number of fused-ring (bicyclic) bond motifs is 1. The fourth-order valence-corrected chi connectivity index (χ4v) is 5.23. The summed E-state index contributed by atoms with van der Waals surface area (Å²) in [6, 6.07) is 6.74. The largest absolute Gasteiger partial charge is 0.493 e. The Labute approximate surface area is 211 Å². The molecule has 2 aromatic carbocycles. The lowest BCUT2D eigenvalue weighted by molar-refractivity contribution is -0.117. The summed E-state index contributed by atoms with van der Waals surface area (Å²) in [6.45, 7) is 9.70. The average Bonchev–Trinajstić information content (AvgIpc) is 3.45. The van der Waals surface area contributed by atoms with Crippen LogP contribution in [0.25, 0.3) is 10.8 Å². The van der Waals surface area contributed by atoms with Crippen molar-refractivity contribution in [3.05, 3.63) is 67.0 Å². The highest BCUT2D eigenvalue weighted by molar-refractivity contribution is 7.85. The lowest BCUT2D eigenvalue weighted by atomic mass is 10.1. The molecule has 0 saturated carbocycles. The molecule has 1 N–H and O–H groups in total. The van der Waals surface area contributed by atoms with E-state index in [1.165, 1.54) is 0 Å². The van der Waals surface area contributed by atoms with Gasteiger partial charge in [0, 0.05) is 17.8 Å². The van der Waals surface area contributed by atoms with Crippen molar-refractivity contribution in [3.63, 3.8) is 0 Å². The van der Waals surface area contributed by atoms with Crippen LogP contribution in [0.15, 0.2) is 61.2 Å². The number of nitrogens with one attached hydrogen (secondary N) is 1. The van der Waals surface area contributed by atoms with E-state index in [-0.39, 0.29) is 35.9 Å². The molecule has 0 aliphatic carbocycles. The summed E-state index contributed by atoms with van der Waals surface area (Å²) in [7, 11) is 0. The van der Waals surface area contributed by atoms with Gasteiger partial charge < -0.3 is 14.3 Å². The Morgan fingerprint density at radius 1 is 1.28 bits per heavy atom. The highest BCUT2D eigenvalue weighted by atomic mass is 32.2. The van der Waals surface area contributed by atoms with Gasteiger partial charge in [0.1, 0.15) is 36.6 Å². The number of hydrogen-bond donors (Lipinski definition) is 1. The molecular weight excluding hydrogens is 485 g/mol. The predicted molar refractivity (Wildman–Crippen MR) is 138 cm³/mol. The third-order valence-electron chi connectivity index (χ3n) is 6.10. The van der Waals surface area contributed by atoms with Crippen molar-refractivity contribution in [2.24, 2.45) is 5.92 Å². The van der Waals surface area contributed by atoms with Gasteiger partial charge in [0.15, 0.2) is 5.82 Å². The molecule has 2 fully saturated rings. The lowest BCUT2D eigenvalue weighted by Gasteiger charge is -2.21. The van der Waals surface area contributed by atoms with Crippen LogP contribution >= 0.6 is 0 Å². The van der Waals surface area contributed by atoms with E-state index < -0.39 is 22.9 Å². The van der Waals surface area contributed by atoms with E-state index in [0.717, 1.165) is 35.7 Å². The minimum Gasteiger partial charge on any atom is -0.493 e. The molecular formula is C26H28FN3O5S. The van der Waals surface area contributed by atoms with Gasteiger partial charge in [0.25, 0.3) is 5.91 Å². The number of carbonyl (C=O) groups excluding carboxylic acids is 2. The maximum Gasteiger partial charge on any atom is 0.253 e. The quantitative estimate of drug-likeness (QED) is 0.367. The zero-order valence-electron chi connectivity index (χ0n) is 19.8. The summed E-state index contributed by atoms with van der Waals surface area (Å²) in [4.78, 5) is 24.7. The third-order valence-corrected chi connectivity index (χ3v) is 7.22. The molecule has 36 heavy (non-hydrogen) atoms. The first kappa shape index (κ1) is 25.6. The lowest BCUT2D eigenvalue weighted by Crippen LogP contribution is -2.24. The van der Waals surface area contributed by atoms with Gasteiger partial charge in [-0.25, -0.2) is 8.60 Å². The molecule has 1 amide bonds. The molecule has 10 heteroatoms. The van der Waals surface area contributed by atoms with Crippen LogP contribution in [-0.4, -0.2) is 60.7 Å². The van der Waals surface area contributed by atoms with Gasteiger partial charge >= 0.3 is 0 Å². The highest BCUT2D eigenvalue weighted by Gasteiger charge is 2.33. The number of ether oxygens (including phenoxy) is 2. The number of aldehydes is 1. The number of benzene rings is 2. The van der Waals surface area contributed by atoms with Gasteiger partial charge in [-0.1, -0.05) is 37.5 Å². The number of anilines is 1. The van der Waals surface area contributed by atoms with Gasteiger partial charge in [-0.3, -0.25) is 18.7 Å². The molecule has 4 rings (SSSR count). The Morgan fingerprint density at radius 3 is 2.81 bits per heavy atom. The second kappa shape index (κ2) is 11.5. The summed E-state index contributed by atoms with van der Waals surface area (Å²) >= 11 is -1.94. The van der Waals surface area contributed by atoms with Gasteiger partial charge in [-0.05, 0) is 42.1 Å². The number of amides is 1. The minimum absolute atomic E-state index is 0.0707. The van der Waals surface area contributed by atoms with Crippen molar-refractivity contribution in [2.75, 3.05) is 43.7 Å². The van der Waals surface area contributed by atoms with Crippen molar-refractivity contribution in [1.82, 2.24) is 9.62 Å². The number of carbonyl (C=O) groups is 2. The van der Waals surface area contributed by atoms with Gasteiger partial charge in [0.05, 0.1) is 13.2 Å². The van der Waals surface area contributed by atoms with Gasteiger partial charge in [-0.15, -0.1) is 0 Å². The molecule has 2 atom stereocenters. The van der Waals surface area contributed by atoms with E-state index in [9.17, 15) is 13.8 Å². The molecule has 0 spiro atoms. The van der Waals surface area contributed by atoms with E-state index in [0.29, 0.717) is 24.3 Å². The molecule has 2 aliphatic rings. The molecule has 2 heterocycles. The fraction of sp³-hybridized carbons (Fsp3) is 0.308. The van der Waals surface area contributed by atoms with Crippen LogP contribution in [-0.2, 0) is 20.8 Å². The third kappa shape index (κ3) is 5.66. The first-order valence-corrected chi connectivity index (χ1v) is 12.6. The number of halogens is 1. The van der Waals surface area contributed by atoms with Crippen LogP contribution in [0.1, 0.15) is 6.42 Å². The maximum atomic E-state index is 16.0. The monoisotopic (exact) mass is 513 g/mol. The van der Waals surface area contributed by atoms with E-state index in [2.05, 4.69) is 22.8 Å². The summed E-state index contributed by atoms with van der Waals surface area (Å²) in [5, 5.41) is 0.819. The minimum atomic E-state index is -1.94. The summed E-state index contributed by atoms with van der Waals surface area (Å²) in [6.07, 6.45) is 6.73. The van der Waals surface area contributed by atoms with Crippen LogP contribution in [0.2, 0.25) is 0 Å². The summed E-state index contributed by atoms with van der Waals surface area (Å²) in [5.74, 6) is -0.215. The molecule has 8 nitrogen and oxygen atoms in total. The molecule has 0 bridgehead atoms. The van der Waals surface area contributed by atoms with Crippen LogP contribution in [0.5, 0.6) is 11.5 Å². The highest BCUT2D eigenvalue weighted by Crippen LogP contribution is 2.40. The van der Waals surface area contributed by atoms with E-state index >= 15 is 4.39 Å². The SMILES string of the molecule is C=C/C=C(\C=C)COc1cc2ccc(OCC3CCN(CC=O)C3)cc2c(F)c1N1CC(=O)NS1=O. The summed E-state index contributed by atoms with van der Waals surface area (Å²) < 4.78 is 43.7. The number of likely N-dealkylation sites (tertiary alicyclic amines) is 1. The van der Waals surface area contributed by atoms with Crippen LogP contribution in [0, 0.1) is 11.7 Å². The van der Waals surface area contributed by atoms with Crippen LogP contribution in [0.3, 0.4) is 0 Å². The average molecular weight is 514 g/mol. The van der Waals surface area contributed by atoms with Crippen LogP contribution < -0.4 is 18.5 Å². The molecule has 0 aromatic heterocycles. The molecule has 190 valence electrons. The van der Waals surface area contributed by atoms with Crippen molar-refractivity contribution in [2.45, 2.75) is 6.42 Å². The number of rotatable bonds is 11. The molecule has 2 aromatic rings. The number of nitrogens with zero attached hydrogens (tertiary/aromatic N) is 2. The first-order chi connectivity index (χ1) is 17.4. The van der Waals surface area contributed by atoms with E-state index in [1.54, 1.807) is 42.5 Å². The van der Waals surface area contributed by atoms with Gasteiger partial charge in [0.2, 0.25) is 11.2 Å². The predicted octanol–water partition coefficient (Wildman–Crippen LogP) is 3.07. The van der Waals surface area contributed by atoms with E-state index in [1.807, 2.05) is 0 Å². The Bertz CT molecular complexity index is 1250. The molecule has 2 saturated heterocycles. The molecule has 0 radical (unpaired) electrons. The second-order valence-electron chi connectivity index (χ2n) is 8.59. The Kier molecular flexibility index (Phi) is 8.17. The van der Waals surface area contributed by atoms with Crippen molar-refractivity contribution >= 4 is 39.8 Å². The van der Waals surface area contributed by atoms with Gasteiger partial charge in [-0.2, -0.15) is 0 Å². The van der Waals surface area contributed by atoms with Crippen molar-refractivity contribution < 1.29 is 27.7 Å². The Hall–Kier alpha value is -3.50. The standard InChI is InChI=1S/C26H28FN3O5S/c1-3-5-18(4-2)16-35-23-12-20-6-7-21(34-17-19-8-9-29(14-19)10-11-31)13-22(20)25(27)26(23)30-15-24(32)28-36(30)33/h3-7,11-13,19H,1-2,8-10,14-17H2,(H,28,32)/b18-5+. The Balaban J connectivity index is 1.63. The maximum absolute atomic E-state index is 16.0.